The van der Waals surface area contributed by atoms with Crippen molar-refractivity contribution in [3.05, 3.63) is 29.3 Å². The Balaban J connectivity index is 2.12. The molecule has 0 amide bonds. The molecule has 106 valence electrons. The van der Waals surface area contributed by atoms with E-state index in [4.69, 9.17) is 5.73 Å². The van der Waals surface area contributed by atoms with E-state index in [1.165, 1.54) is 36.3 Å². The van der Waals surface area contributed by atoms with E-state index >= 15 is 0 Å². The van der Waals surface area contributed by atoms with Gasteiger partial charge < -0.3 is 10.6 Å². The first-order chi connectivity index (χ1) is 8.97. The molecular weight excluding hydrogens is 232 g/mol. The van der Waals surface area contributed by atoms with Crippen molar-refractivity contribution in [1.29, 1.82) is 0 Å². The largest absolute Gasteiger partial charge is 0.371 e. The molecule has 1 heterocycles. The van der Waals surface area contributed by atoms with Gasteiger partial charge in [-0.05, 0) is 55.7 Å². The van der Waals surface area contributed by atoms with E-state index in [-0.39, 0.29) is 6.04 Å². The summed E-state index contributed by atoms with van der Waals surface area (Å²) in [6.45, 7) is 11.4. The van der Waals surface area contributed by atoms with E-state index in [2.05, 4.69) is 50.8 Å². The lowest BCUT2D eigenvalue weighted by Crippen LogP contribution is -2.38. The van der Waals surface area contributed by atoms with E-state index in [0.717, 1.165) is 18.3 Å². The molecule has 0 aliphatic carbocycles. The number of rotatable bonds is 3. The van der Waals surface area contributed by atoms with Crippen molar-refractivity contribution in [1.82, 2.24) is 0 Å². The zero-order chi connectivity index (χ0) is 14.0. The number of nitrogens with zero attached hydrogens (tertiary/aromatic N) is 1. The minimum absolute atomic E-state index is 0.237. The van der Waals surface area contributed by atoms with Crippen molar-refractivity contribution >= 4 is 5.69 Å². The second-order valence-electron chi connectivity index (χ2n) is 6.49. The third-order valence-corrected chi connectivity index (χ3v) is 4.49. The van der Waals surface area contributed by atoms with E-state index < -0.39 is 0 Å². The van der Waals surface area contributed by atoms with Gasteiger partial charge in [-0.1, -0.05) is 26.0 Å². The molecule has 2 heteroatoms. The zero-order valence-corrected chi connectivity index (χ0v) is 12.8. The van der Waals surface area contributed by atoms with Crippen LogP contribution in [0.15, 0.2) is 18.2 Å². The number of hydrogen-bond acceptors (Lipinski definition) is 2. The third-order valence-electron chi connectivity index (χ3n) is 4.49. The molecule has 1 aliphatic rings. The molecule has 1 aliphatic heterocycles. The van der Waals surface area contributed by atoms with Gasteiger partial charge in [-0.25, -0.2) is 0 Å². The summed E-state index contributed by atoms with van der Waals surface area (Å²) in [7, 11) is 0. The summed E-state index contributed by atoms with van der Waals surface area (Å²) in [5.41, 5.74) is 10.0. The lowest BCUT2D eigenvalue weighted by molar-refractivity contribution is 0.324. The summed E-state index contributed by atoms with van der Waals surface area (Å²) in [6, 6.07) is 7.08. The first-order valence-electron chi connectivity index (χ1n) is 7.57. The maximum atomic E-state index is 5.88. The van der Waals surface area contributed by atoms with Crippen molar-refractivity contribution < 1.29 is 0 Å². The molecule has 3 unspecified atom stereocenters. The fourth-order valence-electron chi connectivity index (χ4n) is 3.05. The molecule has 0 bridgehead atoms. The summed E-state index contributed by atoms with van der Waals surface area (Å²) in [6.07, 6.45) is 2.27. The van der Waals surface area contributed by atoms with Crippen molar-refractivity contribution in [2.75, 3.05) is 18.0 Å². The summed E-state index contributed by atoms with van der Waals surface area (Å²) >= 11 is 0. The van der Waals surface area contributed by atoms with Crippen LogP contribution in [0.4, 0.5) is 5.69 Å². The molecule has 1 saturated heterocycles. The quantitative estimate of drug-likeness (QED) is 0.903. The molecule has 0 aromatic heterocycles. The number of anilines is 1. The van der Waals surface area contributed by atoms with Gasteiger partial charge in [0, 0.05) is 24.8 Å². The highest BCUT2D eigenvalue weighted by Crippen LogP contribution is 2.29. The number of benzene rings is 1. The normalized spacial score (nSPS) is 25.4. The number of piperidine rings is 1. The van der Waals surface area contributed by atoms with Crippen molar-refractivity contribution in [3.63, 3.8) is 0 Å². The minimum Gasteiger partial charge on any atom is -0.371 e. The molecule has 2 rings (SSSR count). The Bertz CT molecular complexity index is 425. The van der Waals surface area contributed by atoms with Gasteiger partial charge in [-0.15, -0.1) is 0 Å². The Morgan fingerprint density at radius 2 is 2.05 bits per heavy atom. The summed E-state index contributed by atoms with van der Waals surface area (Å²) in [5.74, 6) is 1.64. The van der Waals surface area contributed by atoms with Crippen LogP contribution in [0, 0.1) is 18.8 Å². The van der Waals surface area contributed by atoms with Crippen LogP contribution < -0.4 is 10.6 Å². The Kier molecular flexibility index (Phi) is 4.51. The monoisotopic (exact) mass is 260 g/mol. The molecule has 0 spiro atoms. The van der Waals surface area contributed by atoms with Gasteiger partial charge in [0.15, 0.2) is 0 Å². The average Bonchev–Trinajstić information content (AvgIpc) is 2.32. The highest BCUT2D eigenvalue weighted by molar-refractivity contribution is 5.55. The van der Waals surface area contributed by atoms with Gasteiger partial charge in [-0.3, -0.25) is 0 Å². The van der Waals surface area contributed by atoms with Gasteiger partial charge in [-0.2, -0.15) is 0 Å². The van der Waals surface area contributed by atoms with E-state index in [0.29, 0.717) is 0 Å². The van der Waals surface area contributed by atoms with E-state index in [1.807, 2.05) is 0 Å². The Labute approximate surface area is 118 Å². The molecule has 2 N–H and O–H groups in total. The molecule has 0 saturated carbocycles. The molecule has 3 atom stereocenters. The standard InChI is InChI=1S/C17H28N2/c1-12-7-8-19(11-14(12)3)17-6-5-16(9-13(17)2)10-15(4)18/h5-6,9,12,14-15H,7-8,10-11,18H2,1-4H3. The first kappa shape index (κ1) is 14.4. The molecule has 0 radical (unpaired) electrons. The smallest absolute Gasteiger partial charge is 0.0396 e. The Morgan fingerprint density at radius 3 is 2.63 bits per heavy atom. The Hall–Kier alpha value is -1.02. The maximum absolute atomic E-state index is 5.88. The molecule has 1 aromatic rings. The fourth-order valence-corrected chi connectivity index (χ4v) is 3.05. The fraction of sp³-hybridized carbons (Fsp3) is 0.647. The molecular formula is C17H28N2. The van der Waals surface area contributed by atoms with Crippen molar-refractivity contribution in [2.24, 2.45) is 17.6 Å². The lowest BCUT2D eigenvalue weighted by atomic mass is 9.88. The molecule has 1 fully saturated rings. The number of hydrogen-bond donors (Lipinski definition) is 1. The second-order valence-corrected chi connectivity index (χ2v) is 6.49. The highest BCUT2D eigenvalue weighted by atomic mass is 15.1. The SMILES string of the molecule is Cc1cc(CC(C)N)ccc1N1CCC(C)C(C)C1. The van der Waals surface area contributed by atoms with Crippen LogP contribution in [0.25, 0.3) is 0 Å². The summed E-state index contributed by atoms with van der Waals surface area (Å²) in [5, 5.41) is 0. The van der Waals surface area contributed by atoms with Crippen molar-refractivity contribution in [3.8, 4) is 0 Å². The van der Waals surface area contributed by atoms with Gasteiger partial charge in [0.1, 0.15) is 0 Å². The van der Waals surface area contributed by atoms with Gasteiger partial charge in [0.2, 0.25) is 0 Å². The topological polar surface area (TPSA) is 29.3 Å². The Morgan fingerprint density at radius 1 is 1.32 bits per heavy atom. The highest BCUT2D eigenvalue weighted by Gasteiger charge is 2.23. The predicted octanol–water partition coefficient (Wildman–Crippen LogP) is 3.37. The van der Waals surface area contributed by atoms with E-state index in [1.54, 1.807) is 0 Å². The first-order valence-corrected chi connectivity index (χ1v) is 7.57. The van der Waals surface area contributed by atoms with Crippen molar-refractivity contribution in [2.45, 2.75) is 46.6 Å². The number of nitrogens with two attached hydrogens (primary N) is 1. The van der Waals surface area contributed by atoms with Gasteiger partial charge in [0.25, 0.3) is 0 Å². The molecule has 2 nitrogen and oxygen atoms in total. The average molecular weight is 260 g/mol. The van der Waals surface area contributed by atoms with E-state index in [9.17, 15) is 0 Å². The molecule has 1 aromatic carbocycles. The van der Waals surface area contributed by atoms with Crippen LogP contribution in [0.2, 0.25) is 0 Å². The summed E-state index contributed by atoms with van der Waals surface area (Å²) < 4.78 is 0. The molecule has 19 heavy (non-hydrogen) atoms. The zero-order valence-electron chi connectivity index (χ0n) is 12.8. The van der Waals surface area contributed by atoms with Crippen LogP contribution in [-0.4, -0.2) is 19.1 Å². The third kappa shape index (κ3) is 3.50. The van der Waals surface area contributed by atoms with Crippen LogP contribution >= 0.6 is 0 Å². The van der Waals surface area contributed by atoms with Crippen LogP contribution in [0.3, 0.4) is 0 Å². The summed E-state index contributed by atoms with van der Waals surface area (Å²) in [4.78, 5) is 2.55. The second kappa shape index (κ2) is 5.96. The maximum Gasteiger partial charge on any atom is 0.0396 e. The van der Waals surface area contributed by atoms with Crippen LogP contribution in [0.5, 0.6) is 0 Å². The van der Waals surface area contributed by atoms with Crippen LogP contribution in [-0.2, 0) is 6.42 Å². The predicted molar refractivity (Wildman–Crippen MR) is 83.7 cm³/mol. The van der Waals surface area contributed by atoms with Crippen LogP contribution in [0.1, 0.15) is 38.3 Å². The lowest BCUT2D eigenvalue weighted by Gasteiger charge is -2.37. The number of aryl methyl sites for hydroxylation is 1. The van der Waals surface area contributed by atoms with Gasteiger partial charge >= 0.3 is 0 Å². The van der Waals surface area contributed by atoms with Gasteiger partial charge in [0.05, 0.1) is 0 Å². The minimum atomic E-state index is 0.237.